The van der Waals surface area contributed by atoms with Crippen LogP contribution in [0.3, 0.4) is 0 Å². The summed E-state index contributed by atoms with van der Waals surface area (Å²) >= 11 is 6.48. The van der Waals surface area contributed by atoms with Crippen molar-refractivity contribution < 1.29 is 10.2 Å². The van der Waals surface area contributed by atoms with Gasteiger partial charge in [-0.25, -0.2) is 0 Å². The van der Waals surface area contributed by atoms with Gasteiger partial charge >= 0.3 is 0 Å². The lowest BCUT2D eigenvalue weighted by Crippen LogP contribution is -1.89. The lowest BCUT2D eigenvalue weighted by atomic mass is 10.1. The standard InChI is InChI=1S/C8H8Br2O2/c9-3-5-6(4-10)8(12)2-1-7(5)11/h1-2,11-12H,3-4H2. The van der Waals surface area contributed by atoms with E-state index in [1.807, 2.05) is 0 Å². The van der Waals surface area contributed by atoms with Gasteiger partial charge in [0.05, 0.1) is 0 Å². The van der Waals surface area contributed by atoms with Crippen molar-refractivity contribution in [1.29, 1.82) is 0 Å². The lowest BCUT2D eigenvalue weighted by molar-refractivity contribution is 0.452. The average Bonchev–Trinajstić information content (AvgIpc) is 2.08. The van der Waals surface area contributed by atoms with E-state index >= 15 is 0 Å². The van der Waals surface area contributed by atoms with Crippen molar-refractivity contribution in [2.45, 2.75) is 10.7 Å². The van der Waals surface area contributed by atoms with E-state index in [0.717, 1.165) is 11.1 Å². The molecule has 4 heteroatoms. The van der Waals surface area contributed by atoms with Crippen LogP contribution in [-0.2, 0) is 10.7 Å². The highest BCUT2D eigenvalue weighted by molar-refractivity contribution is 9.09. The van der Waals surface area contributed by atoms with Gasteiger partial charge in [0.1, 0.15) is 11.5 Å². The Hall–Kier alpha value is -0.220. The van der Waals surface area contributed by atoms with E-state index in [-0.39, 0.29) is 11.5 Å². The van der Waals surface area contributed by atoms with Gasteiger partial charge < -0.3 is 10.2 Å². The Morgan fingerprint density at radius 1 is 0.917 bits per heavy atom. The Morgan fingerprint density at radius 3 is 1.50 bits per heavy atom. The number of phenolic OH excluding ortho intramolecular Hbond substituents is 2. The molecule has 2 nitrogen and oxygen atoms in total. The van der Waals surface area contributed by atoms with E-state index in [1.54, 1.807) is 0 Å². The molecule has 1 rings (SSSR count). The van der Waals surface area contributed by atoms with E-state index in [9.17, 15) is 10.2 Å². The Balaban J connectivity index is 3.28. The smallest absolute Gasteiger partial charge is 0.120 e. The molecule has 1 aromatic carbocycles. The van der Waals surface area contributed by atoms with E-state index in [1.165, 1.54) is 12.1 Å². The molecule has 0 atom stereocenters. The van der Waals surface area contributed by atoms with Crippen LogP contribution in [0.25, 0.3) is 0 Å². The van der Waals surface area contributed by atoms with Crippen molar-refractivity contribution in [3.05, 3.63) is 23.3 Å². The molecule has 12 heavy (non-hydrogen) atoms. The fourth-order valence-corrected chi connectivity index (χ4v) is 2.22. The third-order valence-corrected chi connectivity index (χ3v) is 2.77. The molecule has 0 aliphatic heterocycles. The molecule has 0 fully saturated rings. The third-order valence-electron chi connectivity index (χ3n) is 1.65. The van der Waals surface area contributed by atoms with Crippen molar-refractivity contribution in [3.63, 3.8) is 0 Å². The summed E-state index contributed by atoms with van der Waals surface area (Å²) in [5, 5.41) is 19.8. The zero-order valence-corrected chi connectivity index (χ0v) is 9.39. The molecule has 0 radical (unpaired) electrons. The zero-order valence-electron chi connectivity index (χ0n) is 6.22. The van der Waals surface area contributed by atoms with Gasteiger partial charge in [0.15, 0.2) is 0 Å². The second-order valence-corrected chi connectivity index (χ2v) is 3.45. The zero-order chi connectivity index (χ0) is 9.14. The summed E-state index contributed by atoms with van der Waals surface area (Å²) in [5.74, 6) is 0.415. The van der Waals surface area contributed by atoms with Gasteiger partial charge in [0.2, 0.25) is 0 Å². The molecule has 0 aliphatic rings. The van der Waals surface area contributed by atoms with Crippen LogP contribution in [0.2, 0.25) is 0 Å². The average molecular weight is 296 g/mol. The normalized spacial score (nSPS) is 10.2. The summed E-state index contributed by atoms with van der Waals surface area (Å²) in [4.78, 5) is 0. The first-order valence-electron chi connectivity index (χ1n) is 3.35. The number of hydrogen-bond donors (Lipinski definition) is 2. The maximum absolute atomic E-state index is 9.38. The van der Waals surface area contributed by atoms with Crippen LogP contribution in [0.4, 0.5) is 0 Å². The molecule has 66 valence electrons. The van der Waals surface area contributed by atoms with Crippen molar-refractivity contribution in [2.75, 3.05) is 0 Å². The van der Waals surface area contributed by atoms with Crippen molar-refractivity contribution in [1.82, 2.24) is 0 Å². The Labute approximate surface area is 87.5 Å². The van der Waals surface area contributed by atoms with Gasteiger partial charge in [0, 0.05) is 21.8 Å². The topological polar surface area (TPSA) is 40.5 Å². The summed E-state index contributed by atoms with van der Waals surface area (Å²) in [7, 11) is 0. The minimum atomic E-state index is 0.208. The molecule has 1 aromatic rings. The van der Waals surface area contributed by atoms with Crippen LogP contribution < -0.4 is 0 Å². The summed E-state index contributed by atoms with van der Waals surface area (Å²) in [6, 6.07) is 2.97. The van der Waals surface area contributed by atoms with Crippen LogP contribution >= 0.6 is 31.9 Å². The Morgan fingerprint density at radius 2 is 1.25 bits per heavy atom. The molecule has 0 unspecified atom stereocenters. The predicted molar refractivity (Wildman–Crippen MR) is 55.0 cm³/mol. The first-order chi connectivity index (χ1) is 5.70. The van der Waals surface area contributed by atoms with Gasteiger partial charge in [-0.05, 0) is 12.1 Å². The molecule has 0 amide bonds. The molecule has 0 aliphatic carbocycles. The number of hydrogen-bond acceptors (Lipinski definition) is 2. The Kier molecular flexibility index (Phi) is 3.40. The highest BCUT2D eigenvalue weighted by Crippen LogP contribution is 2.31. The molecular weight excluding hydrogens is 288 g/mol. The highest BCUT2D eigenvalue weighted by atomic mass is 79.9. The first-order valence-corrected chi connectivity index (χ1v) is 5.59. The molecule has 0 heterocycles. The van der Waals surface area contributed by atoms with Crippen LogP contribution in [0, 0.1) is 0 Å². The number of benzene rings is 1. The van der Waals surface area contributed by atoms with Gasteiger partial charge in [0.25, 0.3) is 0 Å². The second kappa shape index (κ2) is 4.14. The molecule has 2 N–H and O–H groups in total. The molecule has 0 spiro atoms. The van der Waals surface area contributed by atoms with Crippen LogP contribution in [0.5, 0.6) is 11.5 Å². The summed E-state index contributed by atoms with van der Waals surface area (Å²) in [6.07, 6.45) is 0. The van der Waals surface area contributed by atoms with Crippen molar-refractivity contribution in [2.24, 2.45) is 0 Å². The van der Waals surface area contributed by atoms with Crippen molar-refractivity contribution in [3.8, 4) is 11.5 Å². The minimum absolute atomic E-state index is 0.208. The summed E-state index contributed by atoms with van der Waals surface area (Å²) < 4.78 is 0. The van der Waals surface area contributed by atoms with E-state index < -0.39 is 0 Å². The van der Waals surface area contributed by atoms with Crippen LogP contribution in [0.1, 0.15) is 11.1 Å². The first kappa shape index (κ1) is 9.86. The largest absolute Gasteiger partial charge is 0.508 e. The third kappa shape index (κ3) is 1.75. The quantitative estimate of drug-likeness (QED) is 0.651. The summed E-state index contributed by atoms with van der Waals surface area (Å²) in [5.41, 5.74) is 1.46. The molecule has 0 saturated carbocycles. The second-order valence-electron chi connectivity index (χ2n) is 2.33. The maximum Gasteiger partial charge on any atom is 0.120 e. The predicted octanol–water partition coefficient (Wildman–Crippen LogP) is 2.89. The van der Waals surface area contributed by atoms with E-state index in [2.05, 4.69) is 31.9 Å². The van der Waals surface area contributed by atoms with Gasteiger partial charge in [-0.1, -0.05) is 31.9 Å². The highest BCUT2D eigenvalue weighted by Gasteiger charge is 2.09. The number of rotatable bonds is 2. The monoisotopic (exact) mass is 294 g/mol. The number of alkyl halides is 2. The maximum atomic E-state index is 9.38. The van der Waals surface area contributed by atoms with Gasteiger partial charge in [-0.2, -0.15) is 0 Å². The van der Waals surface area contributed by atoms with Crippen molar-refractivity contribution >= 4 is 31.9 Å². The SMILES string of the molecule is Oc1ccc(O)c(CBr)c1CBr. The summed E-state index contributed by atoms with van der Waals surface area (Å²) in [6.45, 7) is 0. The number of halogens is 2. The lowest BCUT2D eigenvalue weighted by Gasteiger charge is -2.08. The number of aromatic hydroxyl groups is 2. The molecule has 0 bridgehead atoms. The fourth-order valence-electron chi connectivity index (χ4n) is 0.966. The minimum Gasteiger partial charge on any atom is -0.508 e. The molecular formula is C8H8Br2O2. The van der Waals surface area contributed by atoms with E-state index in [4.69, 9.17) is 0 Å². The van der Waals surface area contributed by atoms with Crippen LogP contribution in [-0.4, -0.2) is 10.2 Å². The Bertz CT molecular complexity index is 258. The van der Waals surface area contributed by atoms with E-state index in [0.29, 0.717) is 10.7 Å². The van der Waals surface area contributed by atoms with Gasteiger partial charge in [-0.15, -0.1) is 0 Å². The number of phenols is 2. The molecule has 0 saturated heterocycles. The van der Waals surface area contributed by atoms with Crippen LogP contribution in [0.15, 0.2) is 12.1 Å². The fraction of sp³-hybridized carbons (Fsp3) is 0.250. The van der Waals surface area contributed by atoms with Gasteiger partial charge in [-0.3, -0.25) is 0 Å². The molecule has 0 aromatic heterocycles.